The van der Waals surface area contributed by atoms with Crippen LogP contribution in [0.15, 0.2) is 36.1 Å². The van der Waals surface area contributed by atoms with Crippen molar-refractivity contribution < 1.29 is 24.5 Å². The van der Waals surface area contributed by atoms with Crippen LogP contribution in [0.5, 0.6) is 0 Å². The smallest absolute Gasteiger partial charge is 0.337 e. The van der Waals surface area contributed by atoms with Gasteiger partial charge in [-0.15, -0.1) is 0 Å². The Balaban J connectivity index is 1.53. The van der Waals surface area contributed by atoms with Gasteiger partial charge in [-0.25, -0.2) is 4.79 Å². The maximum absolute atomic E-state index is 11.3. The normalized spacial score (nSPS) is 43.6. The van der Waals surface area contributed by atoms with Crippen LogP contribution in [0.4, 0.5) is 0 Å². The van der Waals surface area contributed by atoms with Crippen molar-refractivity contribution in [2.75, 3.05) is 13.2 Å². The number of rotatable bonds is 4. The van der Waals surface area contributed by atoms with E-state index >= 15 is 0 Å². The highest BCUT2D eigenvalue weighted by Gasteiger charge is 2.59. The molecule has 7 atom stereocenters. The van der Waals surface area contributed by atoms with E-state index in [1.54, 1.807) is 11.1 Å². The Morgan fingerprint density at radius 3 is 2.83 bits per heavy atom. The summed E-state index contributed by atoms with van der Waals surface area (Å²) in [5.74, 6) is -0.161. The van der Waals surface area contributed by atoms with E-state index in [0.29, 0.717) is 18.4 Å². The fourth-order valence-corrected chi connectivity index (χ4v) is 6.69. The van der Waals surface area contributed by atoms with Gasteiger partial charge in [0.2, 0.25) is 0 Å². The molecule has 4 aliphatic rings. The molecule has 0 aromatic heterocycles. The fraction of sp³-hybridized carbons (Fsp3) is 0.708. The largest absolute Gasteiger partial charge is 0.478 e. The van der Waals surface area contributed by atoms with Crippen molar-refractivity contribution in [1.82, 2.24) is 4.90 Å². The monoisotopic (exact) mass is 417 g/mol. The molecule has 2 aliphatic heterocycles. The number of aliphatic hydroxyl groups excluding tert-OH is 1. The third-order valence-corrected chi connectivity index (χ3v) is 8.32. The van der Waals surface area contributed by atoms with E-state index in [-0.39, 0.29) is 28.8 Å². The lowest BCUT2D eigenvalue weighted by Gasteiger charge is -2.62. The Morgan fingerprint density at radius 1 is 1.33 bits per heavy atom. The van der Waals surface area contributed by atoms with E-state index in [2.05, 4.69) is 20.4 Å². The molecule has 6 nitrogen and oxygen atoms in total. The predicted molar refractivity (Wildman–Crippen MR) is 113 cm³/mol. The second-order valence-electron chi connectivity index (χ2n) is 10.0. The molecular formula is C24H35NO5. The SMILES string of the molecule is C=C1CCC2[C@]3(C)CO[C@@H](C)O[C@@H]3CC[C@@]2(C)[C@@H]1CCN1C=C(C(=O)O)C=CC1O. The molecule has 1 saturated heterocycles. The van der Waals surface area contributed by atoms with Crippen molar-refractivity contribution in [1.29, 1.82) is 0 Å². The van der Waals surface area contributed by atoms with Crippen LogP contribution in [0.2, 0.25) is 0 Å². The highest BCUT2D eigenvalue weighted by atomic mass is 16.7. The molecule has 6 heteroatoms. The van der Waals surface area contributed by atoms with Crippen LogP contribution in [0.1, 0.15) is 52.9 Å². The average molecular weight is 418 g/mol. The predicted octanol–water partition coefficient (Wildman–Crippen LogP) is 3.69. The molecule has 2 unspecified atom stereocenters. The third kappa shape index (κ3) is 3.53. The van der Waals surface area contributed by atoms with Crippen molar-refractivity contribution >= 4 is 5.97 Å². The van der Waals surface area contributed by atoms with Crippen molar-refractivity contribution in [3.8, 4) is 0 Å². The molecule has 3 fully saturated rings. The lowest BCUT2D eigenvalue weighted by Crippen LogP contribution is -2.61. The first-order chi connectivity index (χ1) is 14.1. The number of carboxylic acid groups (broad SMARTS) is 1. The van der Waals surface area contributed by atoms with Gasteiger partial charge in [0, 0.05) is 18.2 Å². The number of ether oxygens (including phenoxy) is 2. The maximum atomic E-state index is 11.3. The highest BCUT2D eigenvalue weighted by Crippen LogP contribution is 2.63. The fourth-order valence-electron chi connectivity index (χ4n) is 6.69. The number of carbonyl (C=O) groups is 1. The molecule has 2 aliphatic carbocycles. The van der Waals surface area contributed by atoms with Crippen LogP contribution in [0, 0.1) is 22.7 Å². The summed E-state index contributed by atoms with van der Waals surface area (Å²) in [4.78, 5) is 13.1. The van der Waals surface area contributed by atoms with Gasteiger partial charge < -0.3 is 24.6 Å². The van der Waals surface area contributed by atoms with Crippen LogP contribution in [0.3, 0.4) is 0 Å². The van der Waals surface area contributed by atoms with E-state index in [9.17, 15) is 15.0 Å². The van der Waals surface area contributed by atoms with Crippen molar-refractivity contribution in [2.24, 2.45) is 22.7 Å². The van der Waals surface area contributed by atoms with Crippen LogP contribution < -0.4 is 0 Å². The number of aliphatic hydroxyl groups is 1. The minimum absolute atomic E-state index is 0.00220. The van der Waals surface area contributed by atoms with Crippen LogP contribution >= 0.6 is 0 Å². The minimum atomic E-state index is -0.977. The number of carboxylic acids is 1. The van der Waals surface area contributed by atoms with Crippen molar-refractivity contribution in [3.05, 3.63) is 36.1 Å². The second-order valence-corrected chi connectivity index (χ2v) is 10.0. The highest BCUT2D eigenvalue weighted by molar-refractivity contribution is 5.89. The summed E-state index contributed by atoms with van der Waals surface area (Å²) < 4.78 is 12.1. The van der Waals surface area contributed by atoms with Crippen LogP contribution in [-0.4, -0.2) is 52.9 Å². The molecule has 30 heavy (non-hydrogen) atoms. The number of aliphatic carboxylic acids is 1. The van der Waals surface area contributed by atoms with Gasteiger partial charge >= 0.3 is 5.97 Å². The topological polar surface area (TPSA) is 79.2 Å². The number of nitrogens with zero attached hydrogens (tertiary/aromatic N) is 1. The first-order valence-electron chi connectivity index (χ1n) is 11.2. The summed E-state index contributed by atoms with van der Waals surface area (Å²) in [6.07, 6.45) is 8.95. The Hall–Kier alpha value is -1.63. The lowest BCUT2D eigenvalue weighted by molar-refractivity contribution is -0.297. The molecule has 166 valence electrons. The molecule has 0 bridgehead atoms. The lowest BCUT2D eigenvalue weighted by atomic mass is 9.46. The van der Waals surface area contributed by atoms with Gasteiger partial charge in [0.15, 0.2) is 6.29 Å². The van der Waals surface area contributed by atoms with Gasteiger partial charge in [-0.05, 0) is 68.4 Å². The Labute approximate surface area is 179 Å². The average Bonchev–Trinajstić information content (AvgIpc) is 2.69. The van der Waals surface area contributed by atoms with E-state index < -0.39 is 12.2 Å². The molecule has 0 amide bonds. The van der Waals surface area contributed by atoms with Crippen molar-refractivity contribution in [3.63, 3.8) is 0 Å². The Morgan fingerprint density at radius 2 is 2.10 bits per heavy atom. The number of hydrogen-bond acceptors (Lipinski definition) is 5. The molecule has 0 radical (unpaired) electrons. The van der Waals surface area contributed by atoms with Crippen molar-refractivity contribution in [2.45, 2.75) is 71.5 Å². The standard InChI is InChI=1S/C24H35NO5/c1-15-5-7-19-23(3,11-9-20-24(19,4)14-29-16(2)30-20)18(15)10-12-25-13-17(22(27)28)6-8-21(25)26/h6,8,13,16,18-21,26H,1,5,7,9-12,14H2,2-4H3,(H,27,28)/t16-,18-,19?,20-,21?,23+,24+/m1/s1. The summed E-state index contributed by atoms with van der Waals surface area (Å²) in [5, 5.41) is 19.6. The summed E-state index contributed by atoms with van der Waals surface area (Å²) in [6.45, 7) is 12.5. The first-order valence-corrected chi connectivity index (χ1v) is 11.2. The molecule has 2 N–H and O–H groups in total. The van der Waals surface area contributed by atoms with Gasteiger partial charge in [-0.2, -0.15) is 0 Å². The number of allylic oxidation sites excluding steroid dienone is 1. The van der Waals surface area contributed by atoms with E-state index in [0.717, 1.165) is 38.7 Å². The Kier molecular flexibility index (Phi) is 5.62. The first kappa shape index (κ1) is 21.6. The van der Waals surface area contributed by atoms with Gasteiger partial charge in [0.1, 0.15) is 6.23 Å². The Bertz CT molecular complexity index is 776. The van der Waals surface area contributed by atoms with E-state index in [1.807, 2.05) is 6.92 Å². The quantitative estimate of drug-likeness (QED) is 0.680. The number of fused-ring (bicyclic) bond motifs is 3. The molecule has 0 spiro atoms. The zero-order valence-electron chi connectivity index (χ0n) is 18.3. The van der Waals surface area contributed by atoms with Gasteiger partial charge in [0.05, 0.1) is 18.3 Å². The van der Waals surface area contributed by atoms with Crippen LogP contribution in [0.25, 0.3) is 0 Å². The van der Waals surface area contributed by atoms with Crippen LogP contribution in [-0.2, 0) is 14.3 Å². The van der Waals surface area contributed by atoms with E-state index in [4.69, 9.17) is 9.47 Å². The minimum Gasteiger partial charge on any atom is -0.478 e. The molecule has 2 saturated carbocycles. The molecule has 4 rings (SSSR count). The molecule has 0 aromatic rings. The van der Waals surface area contributed by atoms with Gasteiger partial charge in [0.25, 0.3) is 0 Å². The summed E-state index contributed by atoms with van der Waals surface area (Å²) >= 11 is 0. The summed E-state index contributed by atoms with van der Waals surface area (Å²) in [5.41, 5.74) is 1.59. The third-order valence-electron chi connectivity index (χ3n) is 8.32. The summed E-state index contributed by atoms with van der Waals surface area (Å²) in [7, 11) is 0. The molecule has 2 heterocycles. The summed E-state index contributed by atoms with van der Waals surface area (Å²) in [6, 6.07) is 0. The van der Waals surface area contributed by atoms with Gasteiger partial charge in [-0.1, -0.05) is 26.0 Å². The maximum Gasteiger partial charge on any atom is 0.337 e. The zero-order valence-corrected chi connectivity index (χ0v) is 18.3. The van der Waals surface area contributed by atoms with Gasteiger partial charge in [-0.3, -0.25) is 0 Å². The molecule has 0 aromatic carbocycles. The second kappa shape index (κ2) is 7.81. The van der Waals surface area contributed by atoms with E-state index in [1.165, 1.54) is 17.7 Å². The number of hydrogen-bond donors (Lipinski definition) is 2. The molecular weight excluding hydrogens is 382 g/mol. The zero-order chi connectivity index (χ0) is 21.7.